The molecule has 3 atom stereocenters. The SMILES string of the molecule is CC(C)n1nc(-c2ccc(C(F)(F)F)nc2)nc1C1CCC(C2CNCCCO2)C1. The molecule has 1 saturated heterocycles. The highest BCUT2D eigenvalue weighted by molar-refractivity contribution is 5.53. The first-order valence-electron chi connectivity index (χ1n) is 10.7. The zero-order chi connectivity index (χ0) is 21.3. The van der Waals surface area contributed by atoms with Gasteiger partial charge in [0.25, 0.3) is 0 Å². The van der Waals surface area contributed by atoms with Gasteiger partial charge in [-0.05, 0) is 64.1 Å². The van der Waals surface area contributed by atoms with Gasteiger partial charge in [-0.15, -0.1) is 0 Å². The summed E-state index contributed by atoms with van der Waals surface area (Å²) in [6, 6.07) is 2.48. The van der Waals surface area contributed by atoms with Crippen molar-refractivity contribution in [2.24, 2.45) is 5.92 Å². The number of aromatic nitrogens is 4. The second-order valence-electron chi connectivity index (χ2n) is 8.50. The van der Waals surface area contributed by atoms with Gasteiger partial charge in [0.05, 0.1) is 6.10 Å². The lowest BCUT2D eigenvalue weighted by Crippen LogP contribution is -2.31. The number of rotatable bonds is 4. The highest BCUT2D eigenvalue weighted by Crippen LogP contribution is 2.41. The van der Waals surface area contributed by atoms with E-state index in [1.165, 1.54) is 12.3 Å². The smallest absolute Gasteiger partial charge is 0.377 e. The summed E-state index contributed by atoms with van der Waals surface area (Å²) < 4.78 is 46.4. The van der Waals surface area contributed by atoms with E-state index in [0.29, 0.717) is 17.3 Å². The van der Waals surface area contributed by atoms with Crippen molar-refractivity contribution in [2.75, 3.05) is 19.7 Å². The zero-order valence-electron chi connectivity index (χ0n) is 17.3. The molecule has 3 unspecified atom stereocenters. The summed E-state index contributed by atoms with van der Waals surface area (Å²) in [5.74, 6) is 2.08. The molecule has 1 aliphatic heterocycles. The van der Waals surface area contributed by atoms with Crippen LogP contribution in [0, 0.1) is 5.92 Å². The Labute approximate surface area is 174 Å². The normalized spacial score (nSPS) is 25.6. The second kappa shape index (κ2) is 8.63. The van der Waals surface area contributed by atoms with Crippen LogP contribution in [0.5, 0.6) is 0 Å². The fourth-order valence-corrected chi connectivity index (χ4v) is 4.44. The molecule has 3 heterocycles. The fourth-order valence-electron chi connectivity index (χ4n) is 4.44. The van der Waals surface area contributed by atoms with Crippen molar-refractivity contribution in [3.63, 3.8) is 0 Å². The van der Waals surface area contributed by atoms with E-state index in [9.17, 15) is 13.2 Å². The van der Waals surface area contributed by atoms with Gasteiger partial charge < -0.3 is 10.1 Å². The molecule has 30 heavy (non-hydrogen) atoms. The van der Waals surface area contributed by atoms with Gasteiger partial charge in [0, 0.05) is 36.9 Å². The van der Waals surface area contributed by atoms with Crippen molar-refractivity contribution in [1.29, 1.82) is 0 Å². The van der Waals surface area contributed by atoms with Crippen LogP contribution >= 0.6 is 0 Å². The minimum absolute atomic E-state index is 0.110. The molecule has 2 aliphatic rings. The van der Waals surface area contributed by atoms with Crippen LogP contribution < -0.4 is 5.32 Å². The summed E-state index contributed by atoms with van der Waals surface area (Å²) in [6.07, 6.45) is 1.10. The number of alkyl halides is 3. The average molecular weight is 423 g/mol. The van der Waals surface area contributed by atoms with E-state index in [0.717, 1.165) is 57.3 Å². The van der Waals surface area contributed by atoms with E-state index in [4.69, 9.17) is 9.72 Å². The van der Waals surface area contributed by atoms with Gasteiger partial charge in [-0.2, -0.15) is 18.3 Å². The van der Waals surface area contributed by atoms with E-state index >= 15 is 0 Å². The Balaban J connectivity index is 1.54. The van der Waals surface area contributed by atoms with Gasteiger partial charge in [0.15, 0.2) is 5.82 Å². The van der Waals surface area contributed by atoms with Crippen LogP contribution in [0.25, 0.3) is 11.4 Å². The summed E-state index contributed by atoms with van der Waals surface area (Å²) in [7, 11) is 0. The maximum Gasteiger partial charge on any atom is 0.433 e. The molecule has 2 aromatic rings. The lowest BCUT2D eigenvalue weighted by Gasteiger charge is -2.22. The molecule has 0 amide bonds. The Kier molecular flexibility index (Phi) is 6.11. The molecule has 6 nitrogen and oxygen atoms in total. The number of hydrogen-bond acceptors (Lipinski definition) is 5. The Morgan fingerprint density at radius 1 is 1.23 bits per heavy atom. The Hall–Kier alpha value is -2.00. The molecular weight excluding hydrogens is 395 g/mol. The molecule has 0 bridgehead atoms. The molecule has 2 aromatic heterocycles. The molecule has 164 valence electrons. The number of ether oxygens (including phenoxy) is 1. The topological polar surface area (TPSA) is 64.9 Å². The standard InChI is InChI=1S/C21H28F3N5O/c1-13(2)29-20(15-5-4-14(10-15)17-12-25-8-3-9-30-17)27-19(28-29)16-6-7-18(26-11-16)21(22,23)24/h6-7,11,13-15,17,25H,3-5,8-10,12H2,1-2H3. The van der Waals surface area contributed by atoms with Crippen LogP contribution in [-0.2, 0) is 10.9 Å². The highest BCUT2D eigenvalue weighted by atomic mass is 19.4. The molecule has 0 radical (unpaired) electrons. The van der Waals surface area contributed by atoms with Gasteiger partial charge in [-0.3, -0.25) is 4.98 Å². The van der Waals surface area contributed by atoms with Crippen molar-refractivity contribution < 1.29 is 17.9 Å². The summed E-state index contributed by atoms with van der Waals surface area (Å²) >= 11 is 0. The van der Waals surface area contributed by atoms with Crippen molar-refractivity contribution >= 4 is 0 Å². The number of nitrogens with zero attached hydrogens (tertiary/aromatic N) is 4. The molecule has 1 aliphatic carbocycles. The molecule has 2 fully saturated rings. The molecule has 9 heteroatoms. The Morgan fingerprint density at radius 3 is 2.77 bits per heavy atom. The Bertz CT molecular complexity index is 841. The minimum Gasteiger partial charge on any atom is -0.377 e. The fraction of sp³-hybridized carbons (Fsp3) is 0.667. The van der Waals surface area contributed by atoms with Gasteiger partial charge in [0.2, 0.25) is 0 Å². The quantitative estimate of drug-likeness (QED) is 0.799. The van der Waals surface area contributed by atoms with Crippen LogP contribution in [0.3, 0.4) is 0 Å². The van der Waals surface area contributed by atoms with E-state index in [-0.39, 0.29) is 18.1 Å². The maximum atomic E-state index is 12.8. The van der Waals surface area contributed by atoms with Crippen molar-refractivity contribution in [3.05, 3.63) is 29.8 Å². The summed E-state index contributed by atoms with van der Waals surface area (Å²) in [5.41, 5.74) is -0.417. The molecule has 1 saturated carbocycles. The largest absolute Gasteiger partial charge is 0.433 e. The van der Waals surface area contributed by atoms with Crippen molar-refractivity contribution in [3.8, 4) is 11.4 Å². The monoisotopic (exact) mass is 423 g/mol. The summed E-state index contributed by atoms with van der Waals surface area (Å²) in [6.45, 7) is 6.76. The van der Waals surface area contributed by atoms with Gasteiger partial charge in [0.1, 0.15) is 11.5 Å². The van der Waals surface area contributed by atoms with Gasteiger partial charge in [-0.1, -0.05) is 0 Å². The number of nitrogens with one attached hydrogen (secondary N) is 1. The van der Waals surface area contributed by atoms with E-state index in [1.807, 2.05) is 18.5 Å². The lowest BCUT2D eigenvalue weighted by molar-refractivity contribution is -0.141. The highest BCUT2D eigenvalue weighted by Gasteiger charge is 2.36. The maximum absolute atomic E-state index is 12.8. The number of hydrogen-bond donors (Lipinski definition) is 1. The summed E-state index contributed by atoms with van der Waals surface area (Å²) in [4.78, 5) is 8.30. The summed E-state index contributed by atoms with van der Waals surface area (Å²) in [5, 5.41) is 8.06. The minimum atomic E-state index is -4.46. The molecule has 0 aromatic carbocycles. The second-order valence-corrected chi connectivity index (χ2v) is 8.50. The van der Waals surface area contributed by atoms with E-state index in [2.05, 4.69) is 15.4 Å². The van der Waals surface area contributed by atoms with E-state index in [1.54, 1.807) is 0 Å². The van der Waals surface area contributed by atoms with Crippen LogP contribution in [0.1, 0.15) is 63.0 Å². The molecule has 1 N–H and O–H groups in total. The zero-order valence-corrected chi connectivity index (χ0v) is 17.3. The third-order valence-corrected chi connectivity index (χ3v) is 6.00. The third kappa shape index (κ3) is 4.51. The van der Waals surface area contributed by atoms with Crippen LogP contribution in [0.4, 0.5) is 13.2 Å². The van der Waals surface area contributed by atoms with Crippen molar-refractivity contribution in [2.45, 2.75) is 63.8 Å². The van der Waals surface area contributed by atoms with Crippen molar-refractivity contribution in [1.82, 2.24) is 25.1 Å². The average Bonchev–Trinajstić information content (AvgIpc) is 3.28. The molecule has 0 spiro atoms. The number of halogens is 3. The molecular formula is C21H28F3N5O. The van der Waals surface area contributed by atoms with Crippen LogP contribution in [0.15, 0.2) is 18.3 Å². The Morgan fingerprint density at radius 2 is 2.07 bits per heavy atom. The lowest BCUT2D eigenvalue weighted by atomic mass is 9.98. The third-order valence-electron chi connectivity index (χ3n) is 6.00. The predicted octanol–water partition coefficient (Wildman–Crippen LogP) is 4.20. The van der Waals surface area contributed by atoms with Crippen LogP contribution in [0.2, 0.25) is 0 Å². The first-order valence-corrected chi connectivity index (χ1v) is 10.7. The van der Waals surface area contributed by atoms with Gasteiger partial charge in [-0.25, -0.2) is 9.67 Å². The van der Waals surface area contributed by atoms with E-state index < -0.39 is 11.9 Å². The van der Waals surface area contributed by atoms with Gasteiger partial charge >= 0.3 is 6.18 Å². The molecule has 4 rings (SSSR count). The van der Waals surface area contributed by atoms with Crippen LogP contribution in [-0.4, -0.2) is 45.5 Å². The number of pyridine rings is 1. The first-order chi connectivity index (χ1) is 14.3. The first kappa shape index (κ1) is 21.2. The predicted molar refractivity (Wildman–Crippen MR) is 106 cm³/mol.